The van der Waals surface area contributed by atoms with Gasteiger partial charge in [-0.2, -0.15) is 0 Å². The van der Waals surface area contributed by atoms with E-state index in [0.29, 0.717) is 0 Å². The maximum absolute atomic E-state index is 12.3. The third kappa shape index (κ3) is 4.01. The summed E-state index contributed by atoms with van der Waals surface area (Å²) in [5.41, 5.74) is 0.946. The van der Waals surface area contributed by atoms with Crippen LogP contribution >= 0.6 is 11.6 Å². The van der Waals surface area contributed by atoms with Crippen LogP contribution in [0.1, 0.15) is 26.3 Å². The SMILES string of the molecule is CC(C)(C)c1ccc(S(=O)(=O)N[C@H]2CS(=O)(=O)C[C@H]2Cl)cc1. The molecule has 1 saturated heterocycles. The first-order valence-electron chi connectivity index (χ1n) is 6.88. The van der Waals surface area contributed by atoms with Gasteiger partial charge in [0.2, 0.25) is 10.0 Å². The van der Waals surface area contributed by atoms with E-state index in [1.165, 1.54) is 12.1 Å². The Morgan fingerprint density at radius 2 is 1.68 bits per heavy atom. The maximum atomic E-state index is 12.3. The van der Waals surface area contributed by atoms with E-state index in [1.807, 2.05) is 20.8 Å². The molecule has 0 aromatic heterocycles. The van der Waals surface area contributed by atoms with Gasteiger partial charge in [0.15, 0.2) is 9.84 Å². The highest BCUT2D eigenvalue weighted by Crippen LogP contribution is 2.24. The van der Waals surface area contributed by atoms with Gasteiger partial charge in [0.1, 0.15) is 0 Å². The Bertz CT molecular complexity index is 749. The average molecular weight is 366 g/mol. The first-order valence-corrected chi connectivity index (χ1v) is 10.6. The van der Waals surface area contributed by atoms with E-state index in [0.717, 1.165) is 5.56 Å². The smallest absolute Gasteiger partial charge is 0.229 e. The molecular weight excluding hydrogens is 346 g/mol. The monoisotopic (exact) mass is 365 g/mol. The van der Waals surface area contributed by atoms with Crippen molar-refractivity contribution in [3.8, 4) is 0 Å². The Labute approximate surface area is 137 Å². The van der Waals surface area contributed by atoms with Gasteiger partial charge in [-0.1, -0.05) is 32.9 Å². The summed E-state index contributed by atoms with van der Waals surface area (Å²) in [5, 5.41) is -0.742. The van der Waals surface area contributed by atoms with Gasteiger partial charge in [-0.05, 0) is 23.1 Å². The topological polar surface area (TPSA) is 80.3 Å². The van der Waals surface area contributed by atoms with Crippen LogP contribution in [0.25, 0.3) is 0 Å². The van der Waals surface area contributed by atoms with Crippen molar-refractivity contribution in [3.63, 3.8) is 0 Å². The lowest BCUT2D eigenvalue weighted by Crippen LogP contribution is -2.40. The lowest BCUT2D eigenvalue weighted by molar-refractivity contribution is 0.562. The van der Waals surface area contributed by atoms with E-state index in [1.54, 1.807) is 12.1 Å². The molecule has 1 fully saturated rings. The number of benzene rings is 1. The first kappa shape index (κ1) is 17.7. The fourth-order valence-electron chi connectivity index (χ4n) is 2.31. The maximum Gasteiger partial charge on any atom is 0.240 e. The Hall–Kier alpha value is -0.630. The standard InChI is InChI=1S/C14H20ClNO4S2/c1-14(2,3)10-4-6-11(7-5-10)22(19,20)16-13-9-21(17,18)8-12(13)15/h4-7,12-13,16H,8-9H2,1-3H3/t12-,13+/m1/s1. The predicted octanol–water partition coefficient (Wildman–Crippen LogP) is 1.67. The number of hydrogen-bond donors (Lipinski definition) is 1. The van der Waals surface area contributed by atoms with E-state index >= 15 is 0 Å². The van der Waals surface area contributed by atoms with Crippen molar-refractivity contribution in [2.24, 2.45) is 0 Å². The van der Waals surface area contributed by atoms with Crippen molar-refractivity contribution in [3.05, 3.63) is 29.8 Å². The van der Waals surface area contributed by atoms with Gasteiger partial charge in [-0.15, -0.1) is 11.6 Å². The third-order valence-electron chi connectivity index (χ3n) is 3.62. The predicted molar refractivity (Wildman–Crippen MR) is 87.5 cm³/mol. The summed E-state index contributed by atoms with van der Waals surface area (Å²) in [6.07, 6.45) is 0. The van der Waals surface area contributed by atoms with Crippen LogP contribution in [0.15, 0.2) is 29.2 Å². The number of halogens is 1. The lowest BCUT2D eigenvalue weighted by atomic mass is 9.87. The highest BCUT2D eigenvalue weighted by Gasteiger charge is 2.38. The summed E-state index contributed by atoms with van der Waals surface area (Å²) < 4.78 is 50.1. The van der Waals surface area contributed by atoms with E-state index in [9.17, 15) is 16.8 Å². The summed E-state index contributed by atoms with van der Waals surface area (Å²) in [6, 6.07) is 5.78. The number of rotatable bonds is 3. The Morgan fingerprint density at radius 1 is 1.14 bits per heavy atom. The molecule has 0 amide bonds. The lowest BCUT2D eigenvalue weighted by Gasteiger charge is -2.20. The van der Waals surface area contributed by atoms with E-state index in [2.05, 4.69) is 4.72 Å². The van der Waals surface area contributed by atoms with Crippen LogP contribution in [-0.2, 0) is 25.3 Å². The minimum Gasteiger partial charge on any atom is -0.229 e. The van der Waals surface area contributed by atoms with Crippen LogP contribution in [0.5, 0.6) is 0 Å². The molecule has 1 aromatic rings. The molecule has 2 rings (SSSR count). The van der Waals surface area contributed by atoms with E-state index in [-0.39, 0.29) is 21.8 Å². The molecular formula is C14H20ClNO4S2. The fraction of sp³-hybridized carbons (Fsp3) is 0.571. The van der Waals surface area contributed by atoms with Gasteiger partial charge in [-0.3, -0.25) is 0 Å². The molecule has 0 bridgehead atoms. The van der Waals surface area contributed by atoms with Gasteiger partial charge in [0.05, 0.1) is 27.8 Å². The van der Waals surface area contributed by atoms with Crippen molar-refractivity contribution in [2.75, 3.05) is 11.5 Å². The number of sulfonamides is 1. The molecule has 124 valence electrons. The van der Waals surface area contributed by atoms with E-state index < -0.39 is 31.3 Å². The van der Waals surface area contributed by atoms with Crippen molar-refractivity contribution in [1.82, 2.24) is 4.72 Å². The molecule has 0 saturated carbocycles. The van der Waals surface area contributed by atoms with Crippen molar-refractivity contribution >= 4 is 31.5 Å². The molecule has 1 heterocycles. The summed E-state index contributed by atoms with van der Waals surface area (Å²) in [6.45, 7) is 6.11. The normalized spacial score (nSPS) is 25.3. The summed E-state index contributed by atoms with van der Waals surface area (Å²) in [7, 11) is -7.07. The molecule has 1 aromatic carbocycles. The van der Waals surface area contributed by atoms with Crippen LogP contribution in [0.2, 0.25) is 0 Å². The molecule has 0 spiro atoms. The largest absolute Gasteiger partial charge is 0.240 e. The molecule has 1 aliphatic rings. The minimum atomic E-state index is -3.79. The molecule has 0 radical (unpaired) electrons. The molecule has 22 heavy (non-hydrogen) atoms. The molecule has 1 aliphatic heterocycles. The van der Waals surface area contributed by atoms with Crippen LogP contribution in [0.3, 0.4) is 0 Å². The van der Waals surface area contributed by atoms with Gasteiger partial charge in [0.25, 0.3) is 0 Å². The molecule has 0 unspecified atom stereocenters. The average Bonchev–Trinajstić information content (AvgIpc) is 2.60. The van der Waals surface area contributed by atoms with Crippen LogP contribution in [0, 0.1) is 0 Å². The third-order valence-corrected chi connectivity index (χ3v) is 7.50. The summed E-state index contributed by atoms with van der Waals surface area (Å²) >= 11 is 5.94. The second-order valence-corrected chi connectivity index (χ2v) is 11.0. The molecule has 1 N–H and O–H groups in total. The number of nitrogens with one attached hydrogen (secondary N) is 1. The molecule has 8 heteroatoms. The highest BCUT2D eigenvalue weighted by molar-refractivity contribution is 7.92. The minimum absolute atomic E-state index is 0.0729. The van der Waals surface area contributed by atoms with Crippen LogP contribution in [-0.4, -0.2) is 39.8 Å². The van der Waals surface area contributed by atoms with Gasteiger partial charge in [0, 0.05) is 0 Å². The van der Waals surface area contributed by atoms with E-state index in [4.69, 9.17) is 11.6 Å². The van der Waals surface area contributed by atoms with Crippen molar-refractivity contribution in [2.45, 2.75) is 42.5 Å². The Morgan fingerprint density at radius 3 is 2.09 bits per heavy atom. The second-order valence-electron chi connectivity index (χ2n) is 6.60. The molecule has 5 nitrogen and oxygen atoms in total. The number of hydrogen-bond acceptors (Lipinski definition) is 4. The number of alkyl halides is 1. The first-order chi connectivity index (χ1) is 9.91. The van der Waals surface area contributed by atoms with Gasteiger partial charge < -0.3 is 0 Å². The zero-order valence-electron chi connectivity index (χ0n) is 12.7. The van der Waals surface area contributed by atoms with Crippen molar-refractivity contribution < 1.29 is 16.8 Å². The zero-order valence-corrected chi connectivity index (χ0v) is 15.1. The van der Waals surface area contributed by atoms with Crippen molar-refractivity contribution in [1.29, 1.82) is 0 Å². The second kappa shape index (κ2) is 5.78. The molecule has 0 aliphatic carbocycles. The van der Waals surface area contributed by atoms with Gasteiger partial charge in [-0.25, -0.2) is 21.6 Å². The number of sulfone groups is 1. The highest BCUT2D eigenvalue weighted by atomic mass is 35.5. The Balaban J connectivity index is 2.21. The van der Waals surface area contributed by atoms with Crippen LogP contribution < -0.4 is 4.72 Å². The quantitative estimate of drug-likeness (QED) is 0.826. The zero-order chi connectivity index (χ0) is 16.8. The summed E-state index contributed by atoms with van der Waals surface area (Å²) in [5.74, 6) is -0.467. The summed E-state index contributed by atoms with van der Waals surface area (Å²) in [4.78, 5) is 0.105. The Kier molecular flexibility index (Phi) is 4.65. The molecule has 2 atom stereocenters. The fourth-order valence-corrected chi connectivity index (χ4v) is 6.32. The van der Waals surface area contributed by atoms with Gasteiger partial charge >= 0.3 is 0 Å². The van der Waals surface area contributed by atoms with Crippen LogP contribution in [0.4, 0.5) is 0 Å².